The number of nitrogens with zero attached hydrogens (tertiary/aromatic N) is 6. The predicted octanol–water partition coefficient (Wildman–Crippen LogP) is -1.11. The Balaban J connectivity index is 3.92. The fraction of sp³-hybridized carbons (Fsp3) is 0. The molecule has 0 atom stereocenters. The summed E-state index contributed by atoms with van der Waals surface area (Å²) in [6.45, 7) is 0. The van der Waals surface area contributed by atoms with Gasteiger partial charge in [-0.2, -0.15) is 0 Å². The quantitative estimate of drug-likeness (QED) is 0.279. The van der Waals surface area contributed by atoms with Crippen LogP contribution in [0, 0.1) is 45.7 Å². The molecule has 0 aromatic carbocycles. The van der Waals surface area contributed by atoms with Gasteiger partial charge in [0.05, 0.1) is 4.92 Å². The third kappa shape index (κ3) is 1.60. The van der Waals surface area contributed by atoms with Crippen LogP contribution < -0.4 is 4.85 Å². The van der Waals surface area contributed by atoms with Crippen molar-refractivity contribution < 1.29 is 24.6 Å². The second-order valence-electron chi connectivity index (χ2n) is 2.57. The van der Waals surface area contributed by atoms with Gasteiger partial charge in [-0.05, 0) is 4.92 Å². The van der Waals surface area contributed by atoms with Crippen molar-refractivity contribution in [3.8, 4) is 0 Å². The van der Waals surface area contributed by atoms with E-state index in [0.29, 0.717) is 0 Å². The molecule has 15 heteroatoms. The summed E-state index contributed by atoms with van der Waals surface area (Å²) in [6.07, 6.45) is 0. The summed E-state index contributed by atoms with van der Waals surface area (Å²) < 4.78 is 0. The van der Waals surface area contributed by atoms with Crippen molar-refractivity contribution in [2.45, 2.75) is 0 Å². The molecule has 0 bridgehead atoms. The number of hydrogen-bond acceptors (Lipinski definition) is 9. The van der Waals surface area contributed by atoms with Crippen molar-refractivity contribution in [1.29, 1.82) is 0 Å². The monoisotopic (exact) mass is 264 g/mol. The Morgan fingerprint density at radius 1 is 0.889 bits per heavy atom. The van der Waals surface area contributed by atoms with Gasteiger partial charge in [-0.15, -0.1) is 0 Å². The van der Waals surface area contributed by atoms with Crippen molar-refractivity contribution in [2.24, 2.45) is 0 Å². The van der Waals surface area contributed by atoms with Crippen LogP contribution in [0.25, 0.3) is 0 Å². The molecule has 96 valence electrons. The molecule has 0 fully saturated rings. The topological polar surface area (TPSA) is 204 Å². The van der Waals surface area contributed by atoms with Gasteiger partial charge in [0, 0.05) is 0 Å². The SMILES string of the molecule is O=[N+]([O-])c1c([N+](=O)[O-])n([N+](=O)[O-])[n+]([O-])c1[N+](=O)[O-]. The van der Waals surface area contributed by atoms with Gasteiger partial charge in [-0.3, -0.25) is 20.2 Å². The van der Waals surface area contributed by atoms with Crippen molar-refractivity contribution in [2.75, 3.05) is 0 Å². The summed E-state index contributed by atoms with van der Waals surface area (Å²) >= 11 is 0. The lowest BCUT2D eigenvalue weighted by molar-refractivity contribution is -0.853. The molecule has 0 saturated heterocycles. The number of hydrogen-bond donors (Lipinski definition) is 0. The largest absolute Gasteiger partial charge is 0.648 e. The van der Waals surface area contributed by atoms with Crippen LogP contribution in [-0.4, -0.2) is 24.6 Å². The van der Waals surface area contributed by atoms with Gasteiger partial charge in [0.15, 0.2) is 0 Å². The van der Waals surface area contributed by atoms with Crippen molar-refractivity contribution in [3.63, 3.8) is 0 Å². The Bertz CT molecular complexity index is 536. The smallest absolute Gasteiger partial charge is 0.569 e. The third-order valence-electron chi connectivity index (χ3n) is 1.65. The van der Waals surface area contributed by atoms with Gasteiger partial charge in [0.25, 0.3) is 0 Å². The normalized spacial score (nSPS) is 10.0. The highest BCUT2D eigenvalue weighted by Gasteiger charge is 2.59. The first kappa shape index (κ1) is 12.7. The maximum absolute atomic E-state index is 11.1. The minimum absolute atomic E-state index is 0.934. The second-order valence-corrected chi connectivity index (χ2v) is 2.57. The minimum Gasteiger partial charge on any atom is -0.569 e. The average Bonchev–Trinajstić information content (AvgIpc) is 2.51. The van der Waals surface area contributed by atoms with Crippen LogP contribution in [0.2, 0.25) is 0 Å². The fourth-order valence-electron chi connectivity index (χ4n) is 1.08. The van der Waals surface area contributed by atoms with Gasteiger partial charge in [0.2, 0.25) is 0 Å². The lowest BCUT2D eigenvalue weighted by Crippen LogP contribution is -2.42. The number of rotatable bonds is 4. The Kier molecular flexibility index (Phi) is 2.73. The molecule has 15 nitrogen and oxygen atoms in total. The zero-order chi connectivity index (χ0) is 14.2. The molecule has 1 rings (SSSR count). The Labute approximate surface area is 93.6 Å². The molecule has 1 aromatic rings. The van der Waals surface area contributed by atoms with Crippen LogP contribution in [0.1, 0.15) is 0 Å². The van der Waals surface area contributed by atoms with Gasteiger partial charge in [0.1, 0.15) is 9.77 Å². The maximum atomic E-state index is 11.1. The average molecular weight is 264 g/mol. The van der Waals surface area contributed by atoms with E-state index in [1.54, 1.807) is 0 Å². The van der Waals surface area contributed by atoms with Crippen LogP contribution in [-0.2, 0) is 0 Å². The second kappa shape index (κ2) is 3.88. The summed E-state index contributed by atoms with van der Waals surface area (Å²) in [5.74, 6) is -3.82. The molecule has 18 heavy (non-hydrogen) atoms. The van der Waals surface area contributed by atoms with E-state index in [1.807, 2.05) is 0 Å². The molecular formula is C3N6O9. The maximum Gasteiger partial charge on any atom is 0.648 e. The zero-order valence-electron chi connectivity index (χ0n) is 7.86. The van der Waals surface area contributed by atoms with Crippen LogP contribution in [0.5, 0.6) is 0 Å². The first-order chi connectivity index (χ1) is 8.20. The van der Waals surface area contributed by atoms with Crippen molar-refractivity contribution in [3.05, 3.63) is 45.7 Å². The molecule has 1 heterocycles. The van der Waals surface area contributed by atoms with Crippen LogP contribution >= 0.6 is 0 Å². The number of aromatic nitrogens is 2. The molecule has 0 spiro atoms. The number of nitro groups is 4. The van der Waals surface area contributed by atoms with Crippen molar-refractivity contribution >= 4 is 17.3 Å². The van der Waals surface area contributed by atoms with Crippen LogP contribution in [0.15, 0.2) is 0 Å². The lowest BCUT2D eigenvalue weighted by atomic mass is 10.5. The van der Waals surface area contributed by atoms with E-state index in [-0.39, 0.29) is 0 Å². The van der Waals surface area contributed by atoms with Crippen LogP contribution in [0.3, 0.4) is 0 Å². The van der Waals surface area contributed by atoms with E-state index < -0.39 is 46.8 Å². The molecular weight excluding hydrogens is 264 g/mol. The van der Waals surface area contributed by atoms with E-state index in [1.165, 1.54) is 0 Å². The minimum atomic E-state index is -1.91. The molecule has 0 aliphatic rings. The Morgan fingerprint density at radius 2 is 1.39 bits per heavy atom. The molecule has 0 N–H and O–H groups in total. The lowest BCUT2D eigenvalue weighted by Gasteiger charge is -1.86. The van der Waals surface area contributed by atoms with E-state index >= 15 is 0 Å². The first-order valence-electron chi connectivity index (χ1n) is 3.66. The van der Waals surface area contributed by atoms with Crippen molar-refractivity contribution in [1.82, 2.24) is 4.79 Å². The zero-order valence-corrected chi connectivity index (χ0v) is 7.86. The standard InChI is InChI=1S/C3N6O9/c10-5-3(8(15)16)1(6(11)12)2(7(13)14)4(5)9(17)18. The highest BCUT2D eigenvalue weighted by atomic mass is 16.7. The third-order valence-corrected chi connectivity index (χ3v) is 1.65. The highest BCUT2D eigenvalue weighted by Crippen LogP contribution is 2.33. The summed E-state index contributed by atoms with van der Waals surface area (Å²) in [7, 11) is 0. The fourth-order valence-corrected chi connectivity index (χ4v) is 1.08. The van der Waals surface area contributed by atoms with E-state index in [2.05, 4.69) is 0 Å². The van der Waals surface area contributed by atoms with Crippen LogP contribution in [0.4, 0.5) is 17.3 Å². The van der Waals surface area contributed by atoms with Gasteiger partial charge >= 0.3 is 27.1 Å². The molecule has 0 radical (unpaired) electrons. The molecule has 0 amide bonds. The van der Waals surface area contributed by atoms with E-state index in [0.717, 1.165) is 0 Å². The van der Waals surface area contributed by atoms with Gasteiger partial charge in [-0.1, -0.05) is 0 Å². The first-order valence-corrected chi connectivity index (χ1v) is 3.66. The molecule has 1 aromatic heterocycles. The Morgan fingerprint density at radius 3 is 1.67 bits per heavy atom. The van der Waals surface area contributed by atoms with E-state index in [4.69, 9.17) is 0 Å². The molecule has 0 unspecified atom stereocenters. The molecule has 0 aliphatic heterocycles. The summed E-state index contributed by atoms with van der Waals surface area (Å²) in [4.78, 5) is 34.7. The van der Waals surface area contributed by atoms with E-state index in [9.17, 15) is 45.7 Å². The molecule has 0 aliphatic carbocycles. The highest BCUT2D eigenvalue weighted by molar-refractivity contribution is 5.56. The predicted molar refractivity (Wildman–Crippen MR) is 45.7 cm³/mol. The summed E-state index contributed by atoms with van der Waals surface area (Å²) in [5, 5.41) is 51.0. The van der Waals surface area contributed by atoms with Gasteiger partial charge < -0.3 is 15.3 Å². The summed E-state index contributed by atoms with van der Waals surface area (Å²) in [6, 6.07) is 0. The Hall–Kier alpha value is -3.39. The molecule has 0 saturated carbocycles. The summed E-state index contributed by atoms with van der Waals surface area (Å²) in [5.41, 5.74) is -1.86. The van der Waals surface area contributed by atoms with Gasteiger partial charge in [-0.25, -0.2) is 10.1 Å².